The molecule has 0 saturated heterocycles. The van der Waals surface area contributed by atoms with Gasteiger partial charge in [-0.05, 0) is 38.6 Å². The summed E-state index contributed by atoms with van der Waals surface area (Å²) in [6, 6.07) is 0. The minimum Gasteiger partial charge on any atom is -0.465 e. The molecule has 17 heavy (non-hydrogen) atoms. The zero-order valence-corrected chi connectivity index (χ0v) is 11.4. The van der Waals surface area contributed by atoms with Gasteiger partial charge in [0.25, 0.3) is 0 Å². The molecule has 0 amide bonds. The molecular formula is C13H25NO3. The highest BCUT2D eigenvalue weighted by molar-refractivity contribution is 5.82. The molecule has 0 aromatic heterocycles. The molecule has 1 unspecified atom stereocenters. The SMILES string of the molecule is CCOC(=O)C(COCC(C)C)(NC)C1CC1. The highest BCUT2D eigenvalue weighted by Crippen LogP contribution is 2.40. The molecule has 1 atom stereocenters. The van der Waals surface area contributed by atoms with Crippen LogP contribution >= 0.6 is 0 Å². The summed E-state index contributed by atoms with van der Waals surface area (Å²) in [5, 5.41) is 3.14. The van der Waals surface area contributed by atoms with Gasteiger partial charge in [-0.3, -0.25) is 0 Å². The maximum atomic E-state index is 12.1. The van der Waals surface area contributed by atoms with Crippen molar-refractivity contribution in [3.05, 3.63) is 0 Å². The van der Waals surface area contributed by atoms with E-state index in [-0.39, 0.29) is 5.97 Å². The van der Waals surface area contributed by atoms with E-state index in [4.69, 9.17) is 9.47 Å². The number of nitrogens with one attached hydrogen (secondary N) is 1. The Morgan fingerprint density at radius 2 is 2.12 bits per heavy atom. The number of carbonyl (C=O) groups excluding carboxylic acids is 1. The summed E-state index contributed by atoms with van der Waals surface area (Å²) < 4.78 is 10.8. The lowest BCUT2D eigenvalue weighted by molar-refractivity contribution is -0.155. The van der Waals surface area contributed by atoms with Crippen LogP contribution in [0.4, 0.5) is 0 Å². The third kappa shape index (κ3) is 3.68. The van der Waals surface area contributed by atoms with E-state index in [0.29, 0.717) is 31.7 Å². The van der Waals surface area contributed by atoms with Gasteiger partial charge >= 0.3 is 5.97 Å². The van der Waals surface area contributed by atoms with Crippen molar-refractivity contribution < 1.29 is 14.3 Å². The fourth-order valence-corrected chi connectivity index (χ4v) is 2.01. The van der Waals surface area contributed by atoms with Gasteiger partial charge in [0.05, 0.1) is 13.2 Å². The molecule has 1 aliphatic rings. The Morgan fingerprint density at radius 3 is 2.53 bits per heavy atom. The molecule has 0 aromatic carbocycles. The van der Waals surface area contributed by atoms with Crippen molar-refractivity contribution in [3.63, 3.8) is 0 Å². The van der Waals surface area contributed by atoms with Gasteiger partial charge < -0.3 is 14.8 Å². The van der Waals surface area contributed by atoms with Gasteiger partial charge in [-0.25, -0.2) is 4.79 Å². The number of likely N-dealkylation sites (N-methyl/N-ethyl adjacent to an activating group) is 1. The van der Waals surface area contributed by atoms with Crippen molar-refractivity contribution in [1.82, 2.24) is 5.32 Å². The summed E-state index contributed by atoms with van der Waals surface area (Å²) >= 11 is 0. The summed E-state index contributed by atoms with van der Waals surface area (Å²) in [5.41, 5.74) is -0.634. The Kier molecular flexibility index (Phi) is 5.40. The standard InChI is InChI=1S/C13H25NO3/c1-5-17-12(15)13(14-4,11-6-7-11)9-16-8-10(2)3/h10-11,14H,5-9H2,1-4H3. The maximum Gasteiger partial charge on any atom is 0.329 e. The molecule has 100 valence electrons. The van der Waals surface area contributed by atoms with Crippen LogP contribution < -0.4 is 5.32 Å². The summed E-state index contributed by atoms with van der Waals surface area (Å²) in [4.78, 5) is 12.1. The predicted molar refractivity (Wildman–Crippen MR) is 66.8 cm³/mol. The molecule has 0 radical (unpaired) electrons. The quantitative estimate of drug-likeness (QED) is 0.658. The van der Waals surface area contributed by atoms with Crippen LogP contribution in [-0.4, -0.2) is 38.4 Å². The van der Waals surface area contributed by atoms with Crippen LogP contribution in [0.25, 0.3) is 0 Å². The first kappa shape index (κ1) is 14.5. The Labute approximate surface area is 104 Å². The van der Waals surface area contributed by atoms with Crippen LogP contribution in [0.15, 0.2) is 0 Å². The first-order valence-corrected chi connectivity index (χ1v) is 6.50. The number of rotatable bonds is 8. The molecule has 0 aromatic rings. The largest absolute Gasteiger partial charge is 0.465 e. The summed E-state index contributed by atoms with van der Waals surface area (Å²) in [6.45, 7) is 7.53. The van der Waals surface area contributed by atoms with Crippen molar-refractivity contribution >= 4 is 5.97 Å². The minimum atomic E-state index is -0.634. The number of carbonyl (C=O) groups is 1. The van der Waals surface area contributed by atoms with Crippen molar-refractivity contribution in [2.24, 2.45) is 11.8 Å². The Hall–Kier alpha value is -0.610. The number of esters is 1. The molecule has 1 aliphatic carbocycles. The second-order valence-electron chi connectivity index (χ2n) is 5.13. The normalized spacial score (nSPS) is 19.1. The average molecular weight is 243 g/mol. The fraction of sp³-hybridized carbons (Fsp3) is 0.923. The van der Waals surface area contributed by atoms with Crippen LogP contribution in [0.3, 0.4) is 0 Å². The lowest BCUT2D eigenvalue weighted by atomic mass is 9.94. The van der Waals surface area contributed by atoms with Crippen LogP contribution in [0.1, 0.15) is 33.6 Å². The van der Waals surface area contributed by atoms with Gasteiger partial charge in [0.1, 0.15) is 5.54 Å². The summed E-state index contributed by atoms with van der Waals surface area (Å²) in [7, 11) is 1.81. The zero-order valence-electron chi connectivity index (χ0n) is 11.4. The van der Waals surface area contributed by atoms with E-state index in [0.717, 1.165) is 12.8 Å². The molecule has 1 saturated carbocycles. The summed E-state index contributed by atoms with van der Waals surface area (Å²) in [5.74, 6) is 0.665. The zero-order chi connectivity index (χ0) is 12.9. The van der Waals surface area contributed by atoms with Gasteiger partial charge in [0, 0.05) is 6.61 Å². The topological polar surface area (TPSA) is 47.6 Å². The Bertz CT molecular complexity index is 251. The lowest BCUT2D eigenvalue weighted by Gasteiger charge is -2.31. The molecule has 4 nitrogen and oxygen atoms in total. The first-order chi connectivity index (χ1) is 8.06. The molecule has 0 heterocycles. The van der Waals surface area contributed by atoms with E-state index in [1.807, 2.05) is 14.0 Å². The molecule has 1 fully saturated rings. The third-order valence-electron chi connectivity index (χ3n) is 3.14. The highest BCUT2D eigenvalue weighted by atomic mass is 16.5. The van der Waals surface area contributed by atoms with E-state index >= 15 is 0 Å². The third-order valence-corrected chi connectivity index (χ3v) is 3.14. The number of hydrogen-bond acceptors (Lipinski definition) is 4. The predicted octanol–water partition coefficient (Wildman–Crippen LogP) is 1.59. The first-order valence-electron chi connectivity index (χ1n) is 6.50. The van der Waals surface area contributed by atoms with E-state index < -0.39 is 5.54 Å². The van der Waals surface area contributed by atoms with Crippen LogP contribution in [0.2, 0.25) is 0 Å². The van der Waals surface area contributed by atoms with Gasteiger partial charge in [0.2, 0.25) is 0 Å². The molecular weight excluding hydrogens is 218 g/mol. The lowest BCUT2D eigenvalue weighted by Crippen LogP contribution is -2.57. The maximum absolute atomic E-state index is 12.1. The molecule has 4 heteroatoms. The van der Waals surface area contributed by atoms with Gasteiger partial charge in [-0.1, -0.05) is 13.8 Å². The smallest absolute Gasteiger partial charge is 0.329 e. The summed E-state index contributed by atoms with van der Waals surface area (Å²) in [6.07, 6.45) is 2.15. The van der Waals surface area contributed by atoms with Gasteiger partial charge in [-0.2, -0.15) is 0 Å². The molecule has 1 N–H and O–H groups in total. The van der Waals surface area contributed by atoms with Crippen LogP contribution in [0, 0.1) is 11.8 Å². The molecule has 0 aliphatic heterocycles. The Morgan fingerprint density at radius 1 is 1.47 bits per heavy atom. The monoisotopic (exact) mass is 243 g/mol. The second kappa shape index (κ2) is 6.36. The second-order valence-corrected chi connectivity index (χ2v) is 5.13. The van der Waals surface area contributed by atoms with Crippen LogP contribution in [0.5, 0.6) is 0 Å². The number of ether oxygens (including phenoxy) is 2. The van der Waals surface area contributed by atoms with Crippen LogP contribution in [-0.2, 0) is 14.3 Å². The fourth-order valence-electron chi connectivity index (χ4n) is 2.01. The van der Waals surface area contributed by atoms with E-state index in [1.54, 1.807) is 0 Å². The average Bonchev–Trinajstić information content (AvgIpc) is 3.08. The molecule has 0 bridgehead atoms. The van der Waals surface area contributed by atoms with E-state index in [2.05, 4.69) is 19.2 Å². The molecule has 1 rings (SSSR count). The molecule has 0 spiro atoms. The number of hydrogen-bond donors (Lipinski definition) is 1. The van der Waals surface area contributed by atoms with Gasteiger partial charge in [0.15, 0.2) is 0 Å². The Balaban J connectivity index is 2.60. The van der Waals surface area contributed by atoms with Crippen molar-refractivity contribution in [2.45, 2.75) is 39.2 Å². The van der Waals surface area contributed by atoms with E-state index in [1.165, 1.54) is 0 Å². The van der Waals surface area contributed by atoms with Crippen molar-refractivity contribution in [1.29, 1.82) is 0 Å². The van der Waals surface area contributed by atoms with E-state index in [9.17, 15) is 4.79 Å². The van der Waals surface area contributed by atoms with Crippen molar-refractivity contribution in [2.75, 3.05) is 26.9 Å². The van der Waals surface area contributed by atoms with Crippen molar-refractivity contribution in [3.8, 4) is 0 Å². The minimum absolute atomic E-state index is 0.172. The van der Waals surface area contributed by atoms with Gasteiger partial charge in [-0.15, -0.1) is 0 Å². The highest BCUT2D eigenvalue weighted by Gasteiger charge is 2.51.